The standard InChI is InChI=1S/C26H23BrFN3O3/c1-2-33-22-10-12-23(13-11-22)34-17-19-4-3-5-20(14-19)26(32)29-25-24(27)16-31(30-25)15-18-6-8-21(28)9-7-18/h3-14,16H,2,15,17H2,1H3,(H,29,30,32). The van der Waals surface area contributed by atoms with Crippen LogP contribution in [-0.4, -0.2) is 22.3 Å². The van der Waals surface area contributed by atoms with E-state index in [1.165, 1.54) is 12.1 Å². The molecular formula is C26H23BrFN3O3. The van der Waals surface area contributed by atoms with Gasteiger partial charge in [0.2, 0.25) is 0 Å². The van der Waals surface area contributed by atoms with E-state index in [1.54, 1.807) is 35.1 Å². The van der Waals surface area contributed by atoms with Crippen molar-refractivity contribution in [2.45, 2.75) is 20.1 Å². The van der Waals surface area contributed by atoms with Crippen LogP contribution in [0.15, 0.2) is 83.5 Å². The number of ether oxygens (including phenoxy) is 2. The van der Waals surface area contributed by atoms with Crippen LogP contribution in [0, 0.1) is 5.82 Å². The molecule has 1 N–H and O–H groups in total. The topological polar surface area (TPSA) is 65.4 Å². The van der Waals surface area contributed by atoms with E-state index >= 15 is 0 Å². The molecule has 6 nitrogen and oxygen atoms in total. The van der Waals surface area contributed by atoms with Crippen LogP contribution in [0.2, 0.25) is 0 Å². The molecule has 1 heterocycles. The molecule has 0 saturated heterocycles. The van der Waals surface area contributed by atoms with Crippen LogP contribution in [0.4, 0.5) is 10.2 Å². The Morgan fingerprint density at radius 1 is 1.00 bits per heavy atom. The van der Waals surface area contributed by atoms with Crippen molar-refractivity contribution in [1.29, 1.82) is 0 Å². The van der Waals surface area contributed by atoms with E-state index in [2.05, 4.69) is 26.3 Å². The number of anilines is 1. The zero-order valence-corrected chi connectivity index (χ0v) is 20.1. The second kappa shape index (κ2) is 11.0. The highest BCUT2D eigenvalue weighted by atomic mass is 79.9. The highest BCUT2D eigenvalue weighted by Gasteiger charge is 2.13. The van der Waals surface area contributed by atoms with E-state index in [-0.39, 0.29) is 11.7 Å². The Morgan fingerprint density at radius 2 is 1.71 bits per heavy atom. The minimum atomic E-state index is -0.287. The van der Waals surface area contributed by atoms with E-state index in [1.807, 2.05) is 43.3 Å². The molecule has 0 fully saturated rings. The van der Waals surface area contributed by atoms with E-state index in [0.717, 1.165) is 16.9 Å². The molecule has 174 valence electrons. The molecule has 0 unspecified atom stereocenters. The third-order valence-corrected chi connectivity index (χ3v) is 5.52. The number of rotatable bonds is 9. The van der Waals surface area contributed by atoms with Gasteiger partial charge in [0, 0.05) is 11.8 Å². The third kappa shape index (κ3) is 6.23. The minimum absolute atomic E-state index is 0.282. The van der Waals surface area contributed by atoms with Gasteiger partial charge in [-0.05, 0) is 82.5 Å². The summed E-state index contributed by atoms with van der Waals surface area (Å²) in [6.07, 6.45) is 1.76. The Balaban J connectivity index is 1.37. The lowest BCUT2D eigenvalue weighted by Gasteiger charge is -2.09. The fourth-order valence-electron chi connectivity index (χ4n) is 3.29. The monoisotopic (exact) mass is 523 g/mol. The summed E-state index contributed by atoms with van der Waals surface area (Å²) in [5.41, 5.74) is 2.25. The van der Waals surface area contributed by atoms with Gasteiger partial charge in [0.25, 0.3) is 5.91 Å². The summed E-state index contributed by atoms with van der Waals surface area (Å²) in [6.45, 7) is 3.32. The molecule has 0 saturated carbocycles. The van der Waals surface area contributed by atoms with E-state index in [9.17, 15) is 9.18 Å². The highest BCUT2D eigenvalue weighted by molar-refractivity contribution is 9.10. The zero-order chi connectivity index (χ0) is 23.9. The summed E-state index contributed by atoms with van der Waals surface area (Å²) >= 11 is 3.44. The minimum Gasteiger partial charge on any atom is -0.494 e. The van der Waals surface area contributed by atoms with Gasteiger partial charge in [-0.2, -0.15) is 5.10 Å². The van der Waals surface area contributed by atoms with Crippen molar-refractivity contribution < 1.29 is 18.7 Å². The van der Waals surface area contributed by atoms with Crippen molar-refractivity contribution in [1.82, 2.24) is 9.78 Å². The maximum absolute atomic E-state index is 13.1. The molecular weight excluding hydrogens is 501 g/mol. The van der Waals surface area contributed by atoms with Crippen LogP contribution in [0.25, 0.3) is 0 Å². The van der Waals surface area contributed by atoms with Gasteiger partial charge in [0.15, 0.2) is 5.82 Å². The second-order valence-corrected chi connectivity index (χ2v) is 8.35. The summed E-state index contributed by atoms with van der Waals surface area (Å²) in [6, 6.07) is 20.9. The molecule has 1 amide bonds. The first-order chi connectivity index (χ1) is 16.5. The number of nitrogens with zero attached hydrogens (tertiary/aromatic N) is 2. The lowest BCUT2D eigenvalue weighted by molar-refractivity contribution is 0.102. The highest BCUT2D eigenvalue weighted by Crippen LogP contribution is 2.22. The fourth-order valence-corrected chi connectivity index (χ4v) is 3.70. The van der Waals surface area contributed by atoms with Gasteiger partial charge in [-0.15, -0.1) is 0 Å². The average Bonchev–Trinajstić information content (AvgIpc) is 3.18. The lowest BCUT2D eigenvalue weighted by Crippen LogP contribution is -2.13. The predicted octanol–water partition coefficient (Wildman–Crippen LogP) is 6.06. The van der Waals surface area contributed by atoms with E-state index in [4.69, 9.17) is 9.47 Å². The van der Waals surface area contributed by atoms with Gasteiger partial charge in [-0.1, -0.05) is 24.3 Å². The van der Waals surface area contributed by atoms with E-state index < -0.39 is 0 Å². The molecule has 4 rings (SSSR count). The van der Waals surface area contributed by atoms with Crippen LogP contribution >= 0.6 is 15.9 Å². The largest absolute Gasteiger partial charge is 0.494 e. The number of carbonyl (C=O) groups excluding carboxylic acids is 1. The van der Waals surface area contributed by atoms with Gasteiger partial charge in [0.05, 0.1) is 17.6 Å². The number of amides is 1. The summed E-state index contributed by atoms with van der Waals surface area (Å²) in [7, 11) is 0. The molecule has 8 heteroatoms. The van der Waals surface area contributed by atoms with Crippen molar-refractivity contribution >= 4 is 27.7 Å². The maximum Gasteiger partial charge on any atom is 0.256 e. The molecule has 4 aromatic rings. The molecule has 3 aromatic carbocycles. The van der Waals surface area contributed by atoms with Gasteiger partial charge in [-0.3, -0.25) is 9.48 Å². The van der Waals surface area contributed by atoms with E-state index in [0.29, 0.717) is 41.4 Å². The van der Waals surface area contributed by atoms with Gasteiger partial charge in [0.1, 0.15) is 23.9 Å². The van der Waals surface area contributed by atoms with Gasteiger partial charge < -0.3 is 14.8 Å². The Morgan fingerprint density at radius 3 is 2.41 bits per heavy atom. The smallest absolute Gasteiger partial charge is 0.256 e. The van der Waals surface area contributed by atoms with Crippen LogP contribution in [0.3, 0.4) is 0 Å². The van der Waals surface area contributed by atoms with Gasteiger partial charge >= 0.3 is 0 Å². The third-order valence-electron chi connectivity index (χ3n) is 4.94. The van der Waals surface area contributed by atoms with Crippen molar-refractivity contribution in [3.05, 3.63) is 106 Å². The molecule has 1 aromatic heterocycles. The van der Waals surface area contributed by atoms with Crippen molar-refractivity contribution in [3.63, 3.8) is 0 Å². The molecule has 0 bridgehead atoms. The van der Waals surface area contributed by atoms with Crippen LogP contribution < -0.4 is 14.8 Å². The number of hydrogen-bond acceptors (Lipinski definition) is 4. The normalized spacial score (nSPS) is 10.7. The number of halogens is 2. The second-order valence-electron chi connectivity index (χ2n) is 7.50. The van der Waals surface area contributed by atoms with Gasteiger partial charge in [-0.25, -0.2) is 4.39 Å². The molecule has 0 aliphatic rings. The summed E-state index contributed by atoms with van der Waals surface area (Å²) in [5, 5.41) is 7.25. The maximum atomic E-state index is 13.1. The number of benzene rings is 3. The SMILES string of the molecule is CCOc1ccc(OCc2cccc(C(=O)Nc3nn(Cc4ccc(F)cc4)cc3Br)c2)cc1. The average molecular weight is 524 g/mol. The molecule has 0 aliphatic heterocycles. The summed E-state index contributed by atoms with van der Waals surface area (Å²) < 4.78 is 26.7. The first-order valence-electron chi connectivity index (χ1n) is 10.7. The number of carbonyl (C=O) groups is 1. The summed E-state index contributed by atoms with van der Waals surface area (Å²) in [5.74, 6) is 1.35. The van der Waals surface area contributed by atoms with Crippen molar-refractivity contribution in [2.24, 2.45) is 0 Å². The first kappa shape index (κ1) is 23.5. The number of hydrogen-bond donors (Lipinski definition) is 1. The van der Waals surface area contributed by atoms with Crippen molar-refractivity contribution in [2.75, 3.05) is 11.9 Å². The zero-order valence-electron chi connectivity index (χ0n) is 18.5. The molecule has 0 atom stereocenters. The predicted molar refractivity (Wildman–Crippen MR) is 132 cm³/mol. The molecule has 34 heavy (non-hydrogen) atoms. The number of nitrogens with one attached hydrogen (secondary N) is 1. The Bertz CT molecular complexity index is 1260. The molecule has 0 radical (unpaired) electrons. The fraction of sp³-hybridized carbons (Fsp3) is 0.154. The Labute approximate surface area is 205 Å². The Hall–Kier alpha value is -3.65. The van der Waals surface area contributed by atoms with Crippen molar-refractivity contribution in [3.8, 4) is 11.5 Å². The Kier molecular flexibility index (Phi) is 7.59. The summed E-state index contributed by atoms with van der Waals surface area (Å²) in [4.78, 5) is 12.8. The first-order valence-corrected chi connectivity index (χ1v) is 11.5. The number of aromatic nitrogens is 2. The lowest BCUT2D eigenvalue weighted by atomic mass is 10.1. The van der Waals surface area contributed by atoms with Crippen LogP contribution in [0.1, 0.15) is 28.4 Å². The molecule has 0 spiro atoms. The quantitative estimate of drug-likeness (QED) is 0.289. The van der Waals surface area contributed by atoms with Crippen LogP contribution in [-0.2, 0) is 13.2 Å². The molecule has 0 aliphatic carbocycles. The van der Waals surface area contributed by atoms with Crippen LogP contribution in [0.5, 0.6) is 11.5 Å².